The van der Waals surface area contributed by atoms with E-state index in [1.807, 2.05) is 36.4 Å². The second-order valence-electron chi connectivity index (χ2n) is 8.74. The average molecular weight is 493 g/mol. The molecule has 9 nitrogen and oxygen atoms in total. The van der Waals surface area contributed by atoms with E-state index >= 15 is 0 Å². The van der Waals surface area contributed by atoms with Crippen LogP contribution in [0.4, 0.5) is 4.79 Å². The lowest BCUT2D eigenvalue weighted by atomic mass is 9.95. The number of methoxy groups -OCH3 is 1. The molecule has 0 spiro atoms. The number of benzene rings is 1. The minimum atomic E-state index is -0.530. The summed E-state index contributed by atoms with van der Waals surface area (Å²) in [5, 5.41) is 11.1. The van der Waals surface area contributed by atoms with Gasteiger partial charge in [-0.05, 0) is 49.2 Å². The lowest BCUT2D eigenvalue weighted by molar-refractivity contribution is 0.0709. The third kappa shape index (κ3) is 5.36. The first-order valence-corrected chi connectivity index (χ1v) is 12.0. The second-order valence-corrected chi connectivity index (χ2v) is 8.74. The molecule has 1 aliphatic heterocycles. The van der Waals surface area contributed by atoms with Crippen molar-refractivity contribution in [2.24, 2.45) is 0 Å². The molecule has 1 saturated heterocycles. The van der Waals surface area contributed by atoms with Gasteiger partial charge in [-0.3, -0.25) is 14.7 Å². The number of hydrogen-bond acceptors (Lipinski definition) is 7. The van der Waals surface area contributed by atoms with Crippen LogP contribution in [0.15, 0.2) is 59.7 Å². The molecule has 4 rings (SSSR count). The van der Waals surface area contributed by atoms with Gasteiger partial charge in [0.25, 0.3) is 5.56 Å². The van der Waals surface area contributed by atoms with Crippen LogP contribution in [0.1, 0.15) is 35.3 Å². The number of nitrogens with zero attached hydrogens (tertiary/aromatic N) is 4. The fourth-order valence-corrected chi connectivity index (χ4v) is 4.65. The predicted octanol–water partition coefficient (Wildman–Crippen LogP) is 3.18. The van der Waals surface area contributed by atoms with Gasteiger partial charge in [0.15, 0.2) is 0 Å². The van der Waals surface area contributed by atoms with E-state index in [1.165, 1.54) is 0 Å². The number of rotatable bonds is 7. The molecule has 1 atom stereocenters. The van der Waals surface area contributed by atoms with Crippen LogP contribution >= 0.6 is 0 Å². The van der Waals surface area contributed by atoms with Crippen LogP contribution in [0.2, 0.25) is 0 Å². The van der Waals surface area contributed by atoms with E-state index in [-0.39, 0.29) is 17.4 Å². The molecule has 0 bridgehead atoms. The molecule has 2 aromatic heterocycles. The molecular formula is C27H32N4O5. The van der Waals surface area contributed by atoms with E-state index in [0.29, 0.717) is 56.3 Å². The van der Waals surface area contributed by atoms with Crippen molar-refractivity contribution in [3.8, 4) is 11.5 Å². The van der Waals surface area contributed by atoms with Gasteiger partial charge in [-0.25, -0.2) is 4.79 Å². The van der Waals surface area contributed by atoms with Gasteiger partial charge >= 0.3 is 6.09 Å². The Bertz CT molecular complexity index is 1250. The number of piperazine rings is 1. The molecule has 9 heteroatoms. The smallest absolute Gasteiger partial charge is 0.409 e. The molecule has 190 valence electrons. The van der Waals surface area contributed by atoms with Gasteiger partial charge in [-0.1, -0.05) is 18.2 Å². The Hall–Kier alpha value is -3.85. The van der Waals surface area contributed by atoms with Crippen molar-refractivity contribution in [2.75, 3.05) is 39.9 Å². The third-order valence-electron chi connectivity index (χ3n) is 6.47. The summed E-state index contributed by atoms with van der Waals surface area (Å²) in [5.74, 6) is 0.602. The minimum Gasteiger partial charge on any atom is -0.507 e. The zero-order chi connectivity index (χ0) is 25.7. The molecule has 1 aliphatic rings. The summed E-state index contributed by atoms with van der Waals surface area (Å²) in [7, 11) is 1.59. The van der Waals surface area contributed by atoms with E-state index in [2.05, 4.69) is 9.88 Å². The molecule has 3 heterocycles. The van der Waals surface area contributed by atoms with Crippen LogP contribution < -0.4 is 10.3 Å². The molecule has 3 aromatic rings. The van der Waals surface area contributed by atoms with Crippen molar-refractivity contribution in [3.63, 3.8) is 0 Å². The molecular weight excluding hydrogens is 460 g/mol. The maximum absolute atomic E-state index is 13.9. The molecule has 0 saturated carbocycles. The summed E-state index contributed by atoms with van der Waals surface area (Å²) < 4.78 is 12.3. The number of hydrogen-bond donors (Lipinski definition) is 1. The van der Waals surface area contributed by atoms with Gasteiger partial charge in [-0.2, -0.15) is 0 Å². The summed E-state index contributed by atoms with van der Waals surface area (Å²) in [6.45, 7) is 6.17. The van der Waals surface area contributed by atoms with Crippen LogP contribution in [-0.2, 0) is 11.3 Å². The van der Waals surface area contributed by atoms with Gasteiger partial charge in [0.1, 0.15) is 11.5 Å². The Kier molecular flexibility index (Phi) is 7.90. The largest absolute Gasteiger partial charge is 0.507 e. The van der Waals surface area contributed by atoms with Crippen LogP contribution in [0.3, 0.4) is 0 Å². The Labute approximate surface area is 210 Å². The average Bonchev–Trinajstić information content (AvgIpc) is 2.90. The van der Waals surface area contributed by atoms with E-state index in [0.717, 1.165) is 11.1 Å². The highest BCUT2D eigenvalue weighted by Crippen LogP contribution is 2.34. The molecule has 0 aliphatic carbocycles. The first-order chi connectivity index (χ1) is 17.4. The number of amides is 1. The van der Waals surface area contributed by atoms with E-state index in [9.17, 15) is 14.7 Å². The summed E-state index contributed by atoms with van der Waals surface area (Å²) in [6.07, 6.45) is 3.08. The third-order valence-corrected chi connectivity index (χ3v) is 6.47. The lowest BCUT2D eigenvalue weighted by Crippen LogP contribution is -2.50. The molecule has 0 radical (unpaired) electrons. The van der Waals surface area contributed by atoms with Crippen LogP contribution in [0.5, 0.6) is 11.5 Å². The number of pyridine rings is 2. The highest BCUT2D eigenvalue weighted by molar-refractivity contribution is 5.67. The highest BCUT2D eigenvalue weighted by atomic mass is 16.6. The summed E-state index contributed by atoms with van der Waals surface area (Å²) >= 11 is 0. The summed E-state index contributed by atoms with van der Waals surface area (Å²) in [5.41, 5.74) is 2.39. The Morgan fingerprint density at radius 3 is 2.58 bits per heavy atom. The maximum Gasteiger partial charge on any atom is 0.409 e. The normalized spacial score (nSPS) is 14.9. The number of ether oxygens (including phenoxy) is 2. The van der Waals surface area contributed by atoms with Crippen molar-refractivity contribution < 1.29 is 19.4 Å². The first-order valence-electron chi connectivity index (χ1n) is 12.0. The zero-order valence-electron chi connectivity index (χ0n) is 20.9. The Balaban J connectivity index is 1.76. The van der Waals surface area contributed by atoms with Crippen LogP contribution in [0.25, 0.3) is 0 Å². The van der Waals surface area contributed by atoms with Gasteiger partial charge in [0, 0.05) is 44.3 Å². The predicted molar refractivity (Wildman–Crippen MR) is 135 cm³/mol. The summed E-state index contributed by atoms with van der Waals surface area (Å²) in [6, 6.07) is 12.4. The highest BCUT2D eigenvalue weighted by Gasteiger charge is 2.33. The molecule has 1 N–H and O–H groups in total. The van der Waals surface area contributed by atoms with Crippen molar-refractivity contribution >= 4 is 6.09 Å². The fourth-order valence-electron chi connectivity index (χ4n) is 4.65. The molecule has 0 unspecified atom stereocenters. The molecule has 1 aromatic carbocycles. The van der Waals surface area contributed by atoms with Gasteiger partial charge in [0.2, 0.25) is 0 Å². The number of carbonyl (C=O) groups excluding carboxylic acids is 1. The van der Waals surface area contributed by atoms with E-state index in [4.69, 9.17) is 9.47 Å². The van der Waals surface area contributed by atoms with E-state index < -0.39 is 6.04 Å². The van der Waals surface area contributed by atoms with Gasteiger partial charge < -0.3 is 24.0 Å². The number of aromatic hydroxyl groups is 1. The van der Waals surface area contributed by atoms with E-state index in [1.54, 1.807) is 48.9 Å². The second kappa shape index (κ2) is 11.3. The fraction of sp³-hybridized carbons (Fsp3) is 0.370. The zero-order valence-corrected chi connectivity index (χ0v) is 20.9. The standard InChI is InChI=1S/C27H32N4O5/c1-4-36-27(34)30-13-11-29(12-14-30)25(21-8-5-9-22(16-21)35-3)24-23(32)15-19(2)31(26(24)33)18-20-7-6-10-28-17-20/h5-10,15-17,25,32H,4,11-14,18H2,1-3H3/t25-/m1/s1. The van der Waals surface area contributed by atoms with Crippen LogP contribution in [0, 0.1) is 6.92 Å². The first kappa shape index (κ1) is 25.2. The molecule has 1 fully saturated rings. The minimum absolute atomic E-state index is 0.0550. The number of aromatic nitrogens is 2. The van der Waals surface area contributed by atoms with Gasteiger partial charge in [-0.15, -0.1) is 0 Å². The lowest BCUT2D eigenvalue weighted by Gasteiger charge is -2.39. The van der Waals surface area contributed by atoms with Crippen molar-refractivity contribution in [3.05, 3.63) is 87.6 Å². The number of carbonyl (C=O) groups is 1. The summed E-state index contributed by atoms with van der Waals surface area (Å²) in [4.78, 5) is 34.1. The Morgan fingerprint density at radius 2 is 1.92 bits per heavy atom. The topological polar surface area (TPSA) is 97.1 Å². The Morgan fingerprint density at radius 1 is 1.14 bits per heavy atom. The molecule has 1 amide bonds. The van der Waals surface area contributed by atoms with Gasteiger partial charge in [0.05, 0.1) is 31.9 Å². The van der Waals surface area contributed by atoms with Crippen molar-refractivity contribution in [1.29, 1.82) is 0 Å². The maximum atomic E-state index is 13.9. The SMILES string of the molecule is CCOC(=O)N1CCN([C@H](c2cccc(OC)c2)c2c(O)cc(C)n(Cc3cccnc3)c2=O)CC1. The quantitative estimate of drug-likeness (QED) is 0.541. The van der Waals surface area contributed by atoms with Crippen LogP contribution in [-0.4, -0.2) is 70.4 Å². The molecule has 36 heavy (non-hydrogen) atoms. The number of aryl methyl sites for hydroxylation is 1. The van der Waals surface area contributed by atoms with Crippen molar-refractivity contribution in [1.82, 2.24) is 19.4 Å². The van der Waals surface area contributed by atoms with Crippen molar-refractivity contribution in [2.45, 2.75) is 26.4 Å². The monoisotopic (exact) mass is 492 g/mol.